The van der Waals surface area contributed by atoms with E-state index in [1.807, 2.05) is 24.3 Å². The van der Waals surface area contributed by atoms with Crippen molar-refractivity contribution in [2.45, 2.75) is 25.6 Å². The van der Waals surface area contributed by atoms with E-state index in [0.29, 0.717) is 42.8 Å². The molecule has 151 valence electrons. The van der Waals surface area contributed by atoms with Gasteiger partial charge in [0.15, 0.2) is 7.28 Å². The quantitative estimate of drug-likeness (QED) is 0.484. The van der Waals surface area contributed by atoms with Crippen molar-refractivity contribution in [3.05, 3.63) is 58.9 Å². The van der Waals surface area contributed by atoms with Crippen LogP contribution in [0.1, 0.15) is 18.4 Å². The minimum Gasteiger partial charge on any atom is -0.481 e. The van der Waals surface area contributed by atoms with Gasteiger partial charge in [-0.2, -0.15) is 0 Å². The summed E-state index contributed by atoms with van der Waals surface area (Å²) in [5.41, 5.74) is 1.25. The molecular weight excluding hydrogens is 394 g/mol. The maximum Gasteiger partial charge on any atom is 0.312 e. The molecular formula is C22H22BClFO4. The third kappa shape index (κ3) is 5.25. The van der Waals surface area contributed by atoms with Crippen molar-refractivity contribution >= 4 is 31.0 Å². The van der Waals surface area contributed by atoms with Crippen molar-refractivity contribution in [3.63, 3.8) is 0 Å². The molecule has 0 bridgehead atoms. The largest absolute Gasteiger partial charge is 0.481 e. The Kier molecular flexibility index (Phi) is 7.09. The second kappa shape index (κ2) is 9.55. The number of carbonyl (C=O) groups is 2. The lowest BCUT2D eigenvalue weighted by molar-refractivity contribution is -0.150. The summed E-state index contributed by atoms with van der Waals surface area (Å²) in [6.45, 7) is 0.642. The highest BCUT2D eigenvalue weighted by molar-refractivity contribution is 6.66. The van der Waals surface area contributed by atoms with Crippen molar-refractivity contribution < 1.29 is 23.8 Å². The summed E-state index contributed by atoms with van der Waals surface area (Å²) in [5, 5.41) is 10.2. The maximum absolute atomic E-state index is 14.1. The number of halogens is 2. The molecule has 2 aromatic carbocycles. The van der Waals surface area contributed by atoms with Gasteiger partial charge in [0.25, 0.3) is 0 Å². The number of hydrogen-bond donors (Lipinski definition) is 1. The minimum absolute atomic E-state index is 0.00763. The number of carboxylic acid groups (broad SMARTS) is 1. The van der Waals surface area contributed by atoms with Crippen LogP contribution in [0.4, 0.5) is 4.39 Å². The molecule has 1 heterocycles. The highest BCUT2D eigenvalue weighted by Gasteiger charge is 2.43. The molecule has 3 rings (SSSR count). The van der Waals surface area contributed by atoms with Crippen molar-refractivity contribution in [2.75, 3.05) is 13.2 Å². The first-order chi connectivity index (χ1) is 13.9. The van der Waals surface area contributed by atoms with Gasteiger partial charge in [0.05, 0.1) is 18.2 Å². The Balaban J connectivity index is 1.76. The van der Waals surface area contributed by atoms with Crippen LogP contribution in [-0.4, -0.2) is 37.8 Å². The molecule has 0 saturated carbocycles. The number of rotatable bonds is 9. The summed E-state index contributed by atoms with van der Waals surface area (Å²) in [4.78, 5) is 22.7. The smallest absolute Gasteiger partial charge is 0.312 e. The van der Waals surface area contributed by atoms with Crippen LogP contribution in [0.25, 0.3) is 11.1 Å². The fourth-order valence-electron chi connectivity index (χ4n) is 3.94. The van der Waals surface area contributed by atoms with Gasteiger partial charge in [-0.1, -0.05) is 42.2 Å². The molecule has 7 heteroatoms. The van der Waals surface area contributed by atoms with Gasteiger partial charge in [-0.25, -0.2) is 4.39 Å². The van der Waals surface area contributed by atoms with Crippen LogP contribution in [-0.2, 0) is 20.7 Å². The number of aliphatic carboxylic acids is 1. The molecule has 4 nitrogen and oxygen atoms in total. The van der Waals surface area contributed by atoms with E-state index >= 15 is 0 Å². The first-order valence-electron chi connectivity index (χ1n) is 9.56. The molecule has 1 aliphatic heterocycles. The van der Waals surface area contributed by atoms with Crippen LogP contribution in [0.5, 0.6) is 0 Å². The highest BCUT2D eigenvalue weighted by Crippen LogP contribution is 2.38. The zero-order valence-electron chi connectivity index (χ0n) is 15.9. The number of carboxylic acids is 1. The average Bonchev–Trinajstić information content (AvgIpc) is 3.18. The van der Waals surface area contributed by atoms with Crippen molar-refractivity contribution in [3.8, 4) is 11.1 Å². The molecule has 29 heavy (non-hydrogen) atoms. The van der Waals surface area contributed by atoms with Gasteiger partial charge in [-0.3, -0.25) is 4.79 Å². The summed E-state index contributed by atoms with van der Waals surface area (Å²) < 4.78 is 19.4. The zero-order chi connectivity index (χ0) is 20.9. The second-order valence-electron chi connectivity index (χ2n) is 7.59. The summed E-state index contributed by atoms with van der Waals surface area (Å²) in [5.74, 6) is -1.20. The fourth-order valence-corrected chi connectivity index (χ4v) is 4.11. The van der Waals surface area contributed by atoms with E-state index in [-0.39, 0.29) is 18.3 Å². The Bertz CT molecular complexity index is 866. The van der Waals surface area contributed by atoms with E-state index in [1.165, 1.54) is 19.4 Å². The number of hydrogen-bond acceptors (Lipinski definition) is 3. The minimum atomic E-state index is -0.898. The van der Waals surface area contributed by atoms with Crippen molar-refractivity contribution in [2.24, 2.45) is 11.3 Å². The van der Waals surface area contributed by atoms with Gasteiger partial charge in [-0.05, 0) is 54.5 Å². The summed E-state index contributed by atoms with van der Waals surface area (Å²) in [6, 6.07) is 11.9. The first kappa shape index (κ1) is 21.5. The lowest BCUT2D eigenvalue weighted by Gasteiger charge is -2.28. The van der Waals surface area contributed by atoms with Crippen LogP contribution in [0, 0.1) is 17.2 Å². The molecule has 1 fully saturated rings. The van der Waals surface area contributed by atoms with E-state index in [4.69, 9.17) is 16.3 Å². The van der Waals surface area contributed by atoms with Crippen molar-refractivity contribution in [1.82, 2.24) is 0 Å². The van der Waals surface area contributed by atoms with Crippen LogP contribution < -0.4 is 0 Å². The summed E-state index contributed by atoms with van der Waals surface area (Å²) in [7, 11) is 1.53. The standard InChI is InChI=1S/C22H22BClFO4/c24-18-5-6-20(25)19(10-18)17-3-1-15(2-4-17)9-16(12-23-14-26)11-22(21(27)28)7-8-29-13-22/h1-6,10,14,16H,7-9,11-13H2,(H,27,28)/t16-,22?/m1/s1. The molecule has 2 atom stereocenters. The molecule has 1 N–H and O–H groups in total. The SMILES string of the molecule is O=C[B]C[C@H](Cc1ccc(-c2cc(Cl)ccc2F)cc1)CC1(C(=O)O)CCOC1. The molecule has 1 aliphatic rings. The summed E-state index contributed by atoms with van der Waals surface area (Å²) >= 11 is 5.98. The van der Waals surface area contributed by atoms with Gasteiger partial charge in [0.2, 0.25) is 0 Å². The predicted octanol–water partition coefficient (Wildman–Crippen LogP) is 4.50. The van der Waals surface area contributed by atoms with E-state index in [9.17, 15) is 19.1 Å². The Hall–Kier alpha value is -2.18. The average molecular weight is 416 g/mol. The molecule has 1 saturated heterocycles. The zero-order valence-corrected chi connectivity index (χ0v) is 16.7. The molecule has 2 aromatic rings. The lowest BCUT2D eigenvalue weighted by Crippen LogP contribution is -2.34. The molecule has 1 unspecified atom stereocenters. The molecule has 0 amide bonds. The Morgan fingerprint density at radius 1 is 1.31 bits per heavy atom. The highest BCUT2D eigenvalue weighted by atomic mass is 35.5. The van der Waals surface area contributed by atoms with Crippen LogP contribution >= 0.6 is 11.6 Å². The van der Waals surface area contributed by atoms with E-state index in [1.54, 1.807) is 6.07 Å². The fraction of sp³-hybridized carbons (Fsp3) is 0.364. The molecule has 0 aliphatic carbocycles. The van der Waals surface area contributed by atoms with Crippen LogP contribution in [0.15, 0.2) is 42.5 Å². The van der Waals surface area contributed by atoms with Crippen molar-refractivity contribution in [1.29, 1.82) is 0 Å². The number of carbonyl (C=O) groups excluding carboxylic acids is 1. The predicted molar refractivity (Wildman–Crippen MR) is 111 cm³/mol. The molecule has 1 radical (unpaired) electrons. The molecule has 0 spiro atoms. The van der Waals surface area contributed by atoms with Gasteiger partial charge >= 0.3 is 5.97 Å². The summed E-state index contributed by atoms with van der Waals surface area (Å²) in [6.07, 6.45) is 2.79. The number of ether oxygens (including phenoxy) is 1. The molecule has 0 aromatic heterocycles. The Morgan fingerprint density at radius 2 is 2.07 bits per heavy atom. The second-order valence-corrected chi connectivity index (χ2v) is 8.03. The Labute approximate surface area is 175 Å². The van der Waals surface area contributed by atoms with Gasteiger partial charge in [0, 0.05) is 17.2 Å². The van der Waals surface area contributed by atoms with E-state index < -0.39 is 11.4 Å². The topological polar surface area (TPSA) is 63.6 Å². The maximum atomic E-state index is 14.1. The normalized spacial score (nSPS) is 19.7. The van der Waals surface area contributed by atoms with Gasteiger partial charge in [0.1, 0.15) is 5.82 Å². The van der Waals surface area contributed by atoms with Gasteiger partial charge in [-0.15, -0.1) is 0 Å². The number of benzene rings is 2. The third-order valence-electron chi connectivity index (χ3n) is 5.52. The van der Waals surface area contributed by atoms with Crippen LogP contribution in [0.2, 0.25) is 11.3 Å². The first-order valence-corrected chi connectivity index (χ1v) is 9.94. The monoisotopic (exact) mass is 415 g/mol. The Morgan fingerprint density at radius 3 is 2.69 bits per heavy atom. The van der Waals surface area contributed by atoms with Gasteiger partial charge < -0.3 is 14.6 Å². The van der Waals surface area contributed by atoms with E-state index in [0.717, 1.165) is 17.3 Å². The third-order valence-corrected chi connectivity index (χ3v) is 5.75. The van der Waals surface area contributed by atoms with Crippen LogP contribution in [0.3, 0.4) is 0 Å². The lowest BCUT2D eigenvalue weighted by atomic mass is 9.65. The van der Waals surface area contributed by atoms with E-state index in [2.05, 4.69) is 0 Å².